The molecule has 1 aromatic carbocycles. The van der Waals surface area contributed by atoms with Crippen LogP contribution in [0.4, 0.5) is 4.79 Å². The second-order valence-electron chi connectivity index (χ2n) is 8.23. The molecular weight excluding hydrogens is 456 g/mol. The maximum absolute atomic E-state index is 12.8. The van der Waals surface area contributed by atoms with Crippen LogP contribution in [0.15, 0.2) is 42.6 Å². The minimum atomic E-state index is -0.468. The van der Waals surface area contributed by atoms with Crippen molar-refractivity contribution in [3.8, 4) is 11.5 Å². The topological polar surface area (TPSA) is 117 Å². The molecule has 0 saturated carbocycles. The number of nitrogens with one attached hydrogen (secondary N) is 1. The monoisotopic (exact) mass is 480 g/mol. The first-order chi connectivity index (χ1) is 16.4. The lowest BCUT2D eigenvalue weighted by atomic mass is 10.2. The van der Waals surface area contributed by atoms with E-state index >= 15 is 0 Å². The molecule has 1 unspecified atom stereocenters. The first-order valence-corrected chi connectivity index (χ1v) is 11.8. The van der Waals surface area contributed by atoms with Gasteiger partial charge in [-0.15, -0.1) is 11.3 Å². The zero-order valence-electron chi connectivity index (χ0n) is 18.5. The molecule has 9 nitrogen and oxygen atoms in total. The zero-order valence-corrected chi connectivity index (χ0v) is 19.3. The Morgan fingerprint density at radius 1 is 1.26 bits per heavy atom. The molecule has 1 aliphatic heterocycles. The Hall–Kier alpha value is -3.47. The molecule has 10 heteroatoms. The minimum Gasteiger partial charge on any atom is -0.456 e. The van der Waals surface area contributed by atoms with E-state index in [0.717, 1.165) is 21.3 Å². The number of likely N-dealkylation sites (tertiary alicyclic amines) is 1. The Kier molecular flexibility index (Phi) is 5.94. The van der Waals surface area contributed by atoms with Crippen LogP contribution in [0.25, 0.3) is 21.1 Å². The molecule has 3 aromatic heterocycles. The molecule has 5 rings (SSSR count). The van der Waals surface area contributed by atoms with Crippen molar-refractivity contribution in [2.45, 2.75) is 19.4 Å². The standard InChI is InChI=1S/C24H24N4O5S/c1-14-10-15-11-17(2-3-19(15)28(14)24(32)26-7-9-29)33-20-4-6-25-18-12-21(34-22(18)20)23(31)27-8-5-16(30)13-27/h2-4,6,10-12,16,29-30H,5,7-9,13H2,1H3,(H,26,32). The van der Waals surface area contributed by atoms with Crippen LogP contribution in [0.5, 0.6) is 11.5 Å². The lowest BCUT2D eigenvalue weighted by Crippen LogP contribution is -2.31. The zero-order chi connectivity index (χ0) is 23.8. The van der Waals surface area contributed by atoms with E-state index in [-0.39, 0.29) is 25.1 Å². The number of hydrogen-bond acceptors (Lipinski definition) is 7. The predicted octanol–water partition coefficient (Wildman–Crippen LogP) is 3.11. The van der Waals surface area contributed by atoms with Crippen molar-refractivity contribution < 1.29 is 24.5 Å². The third kappa shape index (κ3) is 4.11. The van der Waals surface area contributed by atoms with E-state index in [2.05, 4.69) is 10.3 Å². The van der Waals surface area contributed by atoms with E-state index in [1.165, 1.54) is 11.3 Å². The van der Waals surface area contributed by atoms with E-state index in [9.17, 15) is 14.7 Å². The largest absolute Gasteiger partial charge is 0.456 e. The van der Waals surface area contributed by atoms with Gasteiger partial charge in [0.25, 0.3) is 5.91 Å². The van der Waals surface area contributed by atoms with Gasteiger partial charge in [0.1, 0.15) is 11.5 Å². The van der Waals surface area contributed by atoms with E-state index < -0.39 is 6.10 Å². The molecule has 2 amide bonds. The summed E-state index contributed by atoms with van der Waals surface area (Å²) in [5.41, 5.74) is 2.17. The number of carbonyl (C=O) groups is 2. The van der Waals surface area contributed by atoms with Crippen molar-refractivity contribution >= 4 is 44.4 Å². The number of aliphatic hydroxyl groups excluding tert-OH is 2. The lowest BCUT2D eigenvalue weighted by molar-refractivity contribution is 0.0769. The molecule has 1 aliphatic rings. The highest BCUT2D eigenvalue weighted by Crippen LogP contribution is 2.36. The van der Waals surface area contributed by atoms with Crippen molar-refractivity contribution in [1.82, 2.24) is 19.8 Å². The number of thiophene rings is 1. The molecular formula is C24H24N4O5S. The summed E-state index contributed by atoms with van der Waals surface area (Å²) in [7, 11) is 0. The average molecular weight is 481 g/mol. The fourth-order valence-corrected chi connectivity index (χ4v) is 5.25. The Morgan fingerprint density at radius 3 is 2.88 bits per heavy atom. The van der Waals surface area contributed by atoms with Gasteiger partial charge < -0.3 is 25.2 Å². The van der Waals surface area contributed by atoms with Crippen LogP contribution in [0.1, 0.15) is 21.8 Å². The average Bonchev–Trinajstić information content (AvgIpc) is 3.53. The number of aryl methyl sites for hydroxylation is 1. The van der Waals surface area contributed by atoms with E-state index in [1.54, 1.807) is 33.9 Å². The Balaban J connectivity index is 1.42. The number of pyridine rings is 1. The second kappa shape index (κ2) is 9.05. The third-order valence-corrected chi connectivity index (χ3v) is 6.94. The van der Waals surface area contributed by atoms with Gasteiger partial charge in [0, 0.05) is 43.0 Å². The quantitative estimate of drug-likeness (QED) is 0.404. The number of carbonyl (C=O) groups excluding carboxylic acids is 2. The smallest absolute Gasteiger partial charge is 0.326 e. The molecule has 176 valence electrons. The number of aromatic nitrogens is 2. The van der Waals surface area contributed by atoms with Crippen molar-refractivity contribution in [2.75, 3.05) is 26.2 Å². The molecule has 1 fully saturated rings. The minimum absolute atomic E-state index is 0.108. The number of ether oxygens (including phenoxy) is 1. The van der Waals surface area contributed by atoms with Crippen molar-refractivity contribution in [3.05, 3.63) is 53.2 Å². The molecule has 4 heterocycles. The maximum Gasteiger partial charge on any atom is 0.326 e. The normalized spacial score (nSPS) is 15.9. The summed E-state index contributed by atoms with van der Waals surface area (Å²) in [6, 6.07) is 10.6. The lowest BCUT2D eigenvalue weighted by Gasteiger charge is -2.13. The summed E-state index contributed by atoms with van der Waals surface area (Å²) in [5.74, 6) is 1.08. The number of fused-ring (bicyclic) bond motifs is 2. The third-order valence-electron chi connectivity index (χ3n) is 5.81. The fraction of sp³-hybridized carbons (Fsp3) is 0.292. The highest BCUT2D eigenvalue weighted by atomic mass is 32.1. The number of aliphatic hydroxyl groups is 2. The van der Waals surface area contributed by atoms with Gasteiger partial charge in [0.15, 0.2) is 0 Å². The van der Waals surface area contributed by atoms with Crippen LogP contribution in [0, 0.1) is 6.92 Å². The predicted molar refractivity (Wildman–Crippen MR) is 129 cm³/mol. The fourth-order valence-electron chi connectivity index (χ4n) is 4.22. The number of hydrogen-bond donors (Lipinski definition) is 3. The molecule has 4 aromatic rings. The molecule has 0 radical (unpaired) electrons. The van der Waals surface area contributed by atoms with Crippen LogP contribution < -0.4 is 10.1 Å². The van der Waals surface area contributed by atoms with Crippen LogP contribution in [0.2, 0.25) is 0 Å². The van der Waals surface area contributed by atoms with Crippen LogP contribution in [-0.2, 0) is 0 Å². The first-order valence-electron chi connectivity index (χ1n) is 11.0. The Bertz CT molecular complexity index is 1400. The van der Waals surface area contributed by atoms with Crippen molar-refractivity contribution in [1.29, 1.82) is 0 Å². The van der Waals surface area contributed by atoms with Crippen molar-refractivity contribution in [3.63, 3.8) is 0 Å². The van der Waals surface area contributed by atoms with Gasteiger partial charge in [-0.2, -0.15) is 0 Å². The molecule has 0 bridgehead atoms. The number of rotatable bonds is 5. The second-order valence-corrected chi connectivity index (χ2v) is 9.28. The van der Waals surface area contributed by atoms with Gasteiger partial charge in [-0.3, -0.25) is 14.3 Å². The highest BCUT2D eigenvalue weighted by molar-refractivity contribution is 7.21. The molecule has 1 atom stereocenters. The number of nitrogens with zero attached hydrogens (tertiary/aromatic N) is 3. The summed E-state index contributed by atoms with van der Waals surface area (Å²) >= 11 is 1.32. The van der Waals surface area contributed by atoms with E-state index in [1.807, 2.05) is 25.1 Å². The number of amides is 2. The van der Waals surface area contributed by atoms with Gasteiger partial charge in [-0.25, -0.2) is 4.79 Å². The number of benzene rings is 1. The molecule has 0 aliphatic carbocycles. The molecule has 1 saturated heterocycles. The Morgan fingerprint density at radius 2 is 2.12 bits per heavy atom. The molecule has 34 heavy (non-hydrogen) atoms. The summed E-state index contributed by atoms with van der Waals surface area (Å²) in [5, 5.41) is 22.2. The summed E-state index contributed by atoms with van der Waals surface area (Å²) < 4.78 is 8.50. The first kappa shape index (κ1) is 22.3. The molecule has 0 spiro atoms. The van der Waals surface area contributed by atoms with Crippen LogP contribution >= 0.6 is 11.3 Å². The Labute approximate surface area is 199 Å². The highest BCUT2D eigenvalue weighted by Gasteiger charge is 2.27. The van der Waals surface area contributed by atoms with Gasteiger partial charge in [-0.1, -0.05) is 0 Å². The van der Waals surface area contributed by atoms with Crippen LogP contribution in [-0.4, -0.2) is 68.9 Å². The van der Waals surface area contributed by atoms with Gasteiger partial charge in [-0.05, 0) is 43.7 Å². The SMILES string of the molecule is Cc1cc2cc(Oc3ccnc4cc(C(=O)N5CCC(O)C5)sc34)ccc2n1C(=O)NCCO. The molecule has 3 N–H and O–H groups in total. The summed E-state index contributed by atoms with van der Waals surface area (Å²) in [6.45, 7) is 2.79. The van der Waals surface area contributed by atoms with E-state index in [4.69, 9.17) is 9.84 Å². The summed E-state index contributed by atoms with van der Waals surface area (Å²) in [6.07, 6.45) is 1.77. The number of β-amino-alcohol motifs (C(OH)–C–C–N with tert-alkyl or cyclic N) is 1. The van der Waals surface area contributed by atoms with Gasteiger partial charge in [0.2, 0.25) is 0 Å². The van der Waals surface area contributed by atoms with Crippen molar-refractivity contribution in [2.24, 2.45) is 0 Å². The maximum atomic E-state index is 12.8. The van der Waals surface area contributed by atoms with E-state index in [0.29, 0.717) is 41.4 Å². The van der Waals surface area contributed by atoms with Gasteiger partial charge >= 0.3 is 6.03 Å². The van der Waals surface area contributed by atoms with Gasteiger partial charge in [0.05, 0.1) is 33.3 Å². The summed E-state index contributed by atoms with van der Waals surface area (Å²) in [4.78, 5) is 31.9. The van der Waals surface area contributed by atoms with Crippen LogP contribution in [0.3, 0.4) is 0 Å².